The number of alkyl halides is 3. The van der Waals surface area contributed by atoms with Crippen molar-refractivity contribution in [2.75, 3.05) is 78.9 Å². The molecule has 3 atom stereocenters. The molecule has 4 saturated heterocycles. The maximum atomic E-state index is 13.6. The van der Waals surface area contributed by atoms with Crippen LogP contribution in [0.2, 0.25) is 0 Å². The second kappa shape index (κ2) is 16.6. The van der Waals surface area contributed by atoms with Crippen molar-refractivity contribution in [2.24, 2.45) is 5.92 Å². The monoisotopic (exact) mass is 826 g/mol. The summed E-state index contributed by atoms with van der Waals surface area (Å²) < 4.78 is 40.9. The van der Waals surface area contributed by atoms with Crippen LogP contribution < -0.4 is 25.3 Å². The van der Waals surface area contributed by atoms with E-state index in [-0.39, 0.29) is 36.3 Å². The lowest BCUT2D eigenvalue weighted by Gasteiger charge is -2.45. The normalized spacial score (nSPS) is 23.1. The zero-order chi connectivity index (χ0) is 42.3. The van der Waals surface area contributed by atoms with Gasteiger partial charge in [0.05, 0.1) is 29.1 Å². The highest BCUT2D eigenvalue weighted by Gasteiger charge is 2.40. The molecular formula is C43H49F3N10O4. The molecule has 316 valence electrons. The van der Waals surface area contributed by atoms with Crippen LogP contribution in [0.3, 0.4) is 0 Å². The Hall–Kier alpha value is -5.89. The number of hydrogen-bond donors (Lipinski definition) is 2. The van der Waals surface area contributed by atoms with Gasteiger partial charge in [0.25, 0.3) is 5.91 Å². The summed E-state index contributed by atoms with van der Waals surface area (Å²) in [4.78, 5) is 67.7. The Balaban J connectivity index is 0.775. The van der Waals surface area contributed by atoms with Crippen LogP contribution in [0, 0.1) is 17.2 Å². The van der Waals surface area contributed by atoms with Gasteiger partial charge in [0.2, 0.25) is 11.8 Å². The largest absolute Gasteiger partial charge is 0.417 e. The van der Waals surface area contributed by atoms with Gasteiger partial charge in [-0.1, -0.05) is 6.07 Å². The van der Waals surface area contributed by atoms with Gasteiger partial charge < -0.3 is 29.8 Å². The van der Waals surface area contributed by atoms with Crippen molar-refractivity contribution in [3.05, 3.63) is 77.0 Å². The Morgan fingerprint density at radius 2 is 1.63 bits per heavy atom. The van der Waals surface area contributed by atoms with Crippen molar-refractivity contribution in [1.82, 2.24) is 25.0 Å². The first kappa shape index (κ1) is 40.9. The van der Waals surface area contributed by atoms with E-state index in [1.807, 2.05) is 43.0 Å². The summed E-state index contributed by atoms with van der Waals surface area (Å²) in [7, 11) is 0. The quantitative estimate of drug-likeness (QED) is 0.315. The van der Waals surface area contributed by atoms with Crippen LogP contribution >= 0.6 is 0 Å². The third kappa shape index (κ3) is 8.43. The van der Waals surface area contributed by atoms with E-state index in [0.29, 0.717) is 48.9 Å². The molecule has 0 radical (unpaired) electrons. The summed E-state index contributed by atoms with van der Waals surface area (Å²) in [6.45, 7) is 11.1. The second-order valence-electron chi connectivity index (χ2n) is 16.6. The lowest BCUT2D eigenvalue weighted by Crippen LogP contribution is -2.59. The van der Waals surface area contributed by atoms with E-state index in [4.69, 9.17) is 0 Å². The average Bonchev–Trinajstić information content (AvgIpc) is 3.56. The number of rotatable bonds is 7. The van der Waals surface area contributed by atoms with Crippen LogP contribution in [-0.4, -0.2) is 120 Å². The number of anilines is 4. The molecule has 60 heavy (non-hydrogen) atoms. The highest BCUT2D eigenvalue weighted by atomic mass is 19.4. The number of halogens is 3. The van der Waals surface area contributed by atoms with Gasteiger partial charge in [0.1, 0.15) is 11.9 Å². The van der Waals surface area contributed by atoms with E-state index in [1.54, 1.807) is 22.1 Å². The van der Waals surface area contributed by atoms with Crippen molar-refractivity contribution in [3.8, 4) is 6.07 Å². The topological polar surface area (TPSA) is 148 Å². The number of carbonyl (C=O) groups is 4. The molecule has 5 amide bonds. The molecule has 0 aliphatic carbocycles. The smallest absolute Gasteiger partial charge is 0.369 e. The van der Waals surface area contributed by atoms with Crippen molar-refractivity contribution in [2.45, 2.75) is 70.4 Å². The van der Waals surface area contributed by atoms with Gasteiger partial charge in [0.15, 0.2) is 0 Å². The molecule has 8 rings (SSSR count). The number of nitriles is 1. The fourth-order valence-electron chi connectivity index (χ4n) is 9.29. The molecular weight excluding hydrogens is 778 g/mol. The molecule has 3 aromatic rings. The highest BCUT2D eigenvalue weighted by molar-refractivity contribution is 6.05. The summed E-state index contributed by atoms with van der Waals surface area (Å²) in [5, 5.41) is 14.5. The molecule has 6 heterocycles. The SMILES string of the molecule is C[C@@H]1CN(c2ccc(C#N)c(C(F)(F)F)c2)[C@@H](C)CN1C(=O)Nc1ccc(N2CCC(CN3CCN(c4ccc5c(c4)C(=O)N(C4CCC(=O)NC4=O)C5)CC3)CC2)nc1. The molecule has 0 spiro atoms. The van der Waals surface area contributed by atoms with Gasteiger partial charge in [-0.3, -0.25) is 24.6 Å². The lowest BCUT2D eigenvalue weighted by atomic mass is 9.96. The summed E-state index contributed by atoms with van der Waals surface area (Å²) in [5.41, 5.74) is 2.08. The number of pyridine rings is 1. The molecule has 0 bridgehead atoms. The van der Waals surface area contributed by atoms with E-state index in [9.17, 15) is 37.6 Å². The molecule has 5 aliphatic rings. The van der Waals surface area contributed by atoms with Gasteiger partial charge in [-0.05, 0) is 87.1 Å². The van der Waals surface area contributed by atoms with Crippen molar-refractivity contribution in [3.63, 3.8) is 0 Å². The van der Waals surface area contributed by atoms with Crippen LogP contribution in [0.1, 0.15) is 66.6 Å². The van der Waals surface area contributed by atoms with Crippen molar-refractivity contribution in [1.29, 1.82) is 5.26 Å². The van der Waals surface area contributed by atoms with Crippen molar-refractivity contribution < 1.29 is 32.3 Å². The van der Waals surface area contributed by atoms with Crippen molar-refractivity contribution >= 4 is 46.6 Å². The minimum absolute atomic E-state index is 0.156. The summed E-state index contributed by atoms with van der Waals surface area (Å²) in [6.07, 6.45) is -0.331. The average molecular weight is 827 g/mol. The van der Waals surface area contributed by atoms with Gasteiger partial charge in [-0.15, -0.1) is 0 Å². The summed E-state index contributed by atoms with van der Waals surface area (Å²) >= 11 is 0. The number of hydrogen-bond acceptors (Lipinski definition) is 10. The van der Waals surface area contributed by atoms with Gasteiger partial charge in [0, 0.05) is 101 Å². The number of aromatic nitrogens is 1. The standard InChI is InChI=1S/C43H49F3N10O4/c1-27-24-55(28(2)23-54(27)34-7-3-30(21-47)36(20-34)43(44,45)46)42(60)49-32-5-9-38(48-22-32)53-13-11-29(12-14-53)25-51-15-17-52(18-16-51)33-6-4-31-26-56(41(59)35(31)19-33)37-8-10-39(57)50-40(37)58/h3-7,9,19-20,22,27-29,37H,8,10-18,23-26H2,1-2H3,(H,49,60)(H,50,57,58)/t27-,28+,37?/m0/s1. The van der Waals surface area contributed by atoms with Crippen LogP contribution in [0.25, 0.3) is 0 Å². The molecule has 2 N–H and O–H groups in total. The maximum Gasteiger partial charge on any atom is 0.417 e. The predicted octanol–water partition coefficient (Wildman–Crippen LogP) is 4.90. The molecule has 4 fully saturated rings. The Bertz CT molecular complexity index is 2180. The van der Waals surface area contributed by atoms with Crippen LogP contribution in [-0.2, 0) is 22.3 Å². The number of fused-ring (bicyclic) bond motifs is 1. The van der Waals surface area contributed by atoms with E-state index >= 15 is 0 Å². The number of carbonyl (C=O) groups excluding carboxylic acids is 4. The number of piperidine rings is 2. The van der Waals surface area contributed by atoms with E-state index < -0.39 is 29.3 Å². The fraction of sp³-hybridized carbons (Fsp3) is 0.488. The minimum atomic E-state index is -4.65. The summed E-state index contributed by atoms with van der Waals surface area (Å²) in [5.74, 6) is 0.564. The number of urea groups is 1. The number of nitrogens with zero attached hydrogens (tertiary/aromatic N) is 8. The zero-order valence-electron chi connectivity index (χ0n) is 33.7. The molecule has 5 aliphatic heterocycles. The Morgan fingerprint density at radius 3 is 2.32 bits per heavy atom. The highest BCUT2D eigenvalue weighted by Crippen LogP contribution is 2.36. The Morgan fingerprint density at radius 1 is 0.883 bits per heavy atom. The number of piperazine rings is 2. The molecule has 1 unspecified atom stereocenters. The van der Waals surface area contributed by atoms with Gasteiger partial charge in [-0.2, -0.15) is 18.4 Å². The first-order valence-electron chi connectivity index (χ1n) is 20.7. The third-order valence-corrected chi connectivity index (χ3v) is 12.7. The van der Waals surface area contributed by atoms with E-state index in [0.717, 1.165) is 81.8 Å². The van der Waals surface area contributed by atoms with Crippen LogP contribution in [0.4, 0.5) is 40.8 Å². The fourth-order valence-corrected chi connectivity index (χ4v) is 9.29. The molecule has 2 aromatic carbocycles. The van der Waals surface area contributed by atoms with Gasteiger partial charge >= 0.3 is 12.2 Å². The first-order valence-corrected chi connectivity index (χ1v) is 20.7. The number of imide groups is 1. The second-order valence-corrected chi connectivity index (χ2v) is 16.6. The zero-order valence-corrected chi connectivity index (χ0v) is 33.7. The molecule has 17 heteroatoms. The number of benzene rings is 2. The Labute approximate surface area is 346 Å². The minimum Gasteiger partial charge on any atom is -0.369 e. The summed E-state index contributed by atoms with van der Waals surface area (Å²) in [6, 6.07) is 13.7. The molecule has 0 saturated carbocycles. The van der Waals surface area contributed by atoms with E-state index in [2.05, 4.69) is 36.4 Å². The maximum absolute atomic E-state index is 13.6. The molecule has 1 aromatic heterocycles. The Kier molecular flexibility index (Phi) is 11.3. The lowest BCUT2D eigenvalue weighted by molar-refractivity contribution is -0.138. The van der Waals surface area contributed by atoms with Gasteiger partial charge in [-0.25, -0.2) is 9.78 Å². The number of amides is 5. The molecule has 14 nitrogen and oxygen atoms in total. The third-order valence-electron chi connectivity index (χ3n) is 12.7. The van der Waals surface area contributed by atoms with Crippen LogP contribution in [0.5, 0.6) is 0 Å². The number of nitrogens with one attached hydrogen (secondary N) is 2. The predicted molar refractivity (Wildman–Crippen MR) is 218 cm³/mol. The van der Waals surface area contributed by atoms with Crippen LogP contribution in [0.15, 0.2) is 54.7 Å². The van der Waals surface area contributed by atoms with E-state index in [1.165, 1.54) is 12.1 Å². The first-order chi connectivity index (χ1) is 28.7.